The molecule has 3 amide bonds. The fourth-order valence-corrected chi connectivity index (χ4v) is 3.67. The Morgan fingerprint density at radius 1 is 1.28 bits per heavy atom. The van der Waals surface area contributed by atoms with E-state index in [-0.39, 0.29) is 11.9 Å². The molecule has 1 aromatic rings. The topological polar surface area (TPSA) is 74.4 Å². The number of hydrogen-bond acceptors (Lipinski definition) is 5. The van der Waals surface area contributed by atoms with E-state index in [1.54, 1.807) is 48.3 Å². The molecule has 1 aromatic carbocycles. The molecule has 8 heteroatoms. The highest BCUT2D eigenvalue weighted by Gasteiger charge is 2.44. The van der Waals surface area contributed by atoms with Crippen LogP contribution < -0.4 is 14.8 Å². The van der Waals surface area contributed by atoms with Gasteiger partial charge in [0.2, 0.25) is 0 Å². The number of methoxy groups -OCH3 is 2. The second-order valence-corrected chi connectivity index (χ2v) is 7.28. The van der Waals surface area contributed by atoms with Crippen LogP contribution in [0.15, 0.2) is 42.1 Å². The second-order valence-electron chi connectivity index (χ2n) is 7.28. The summed E-state index contributed by atoms with van der Waals surface area (Å²) in [5.41, 5.74) is 1.97. The van der Waals surface area contributed by atoms with E-state index in [2.05, 4.69) is 11.9 Å². The number of nitrogens with zero attached hydrogens (tertiary/aromatic N) is 3. The lowest BCUT2D eigenvalue weighted by Crippen LogP contribution is -2.47. The van der Waals surface area contributed by atoms with Crippen molar-refractivity contribution >= 4 is 11.9 Å². The van der Waals surface area contributed by atoms with Crippen molar-refractivity contribution in [2.45, 2.75) is 6.04 Å². The molecule has 29 heavy (non-hydrogen) atoms. The Kier molecular flexibility index (Phi) is 6.12. The first-order valence-electron chi connectivity index (χ1n) is 9.49. The summed E-state index contributed by atoms with van der Waals surface area (Å²) >= 11 is 0. The lowest BCUT2D eigenvalue weighted by Gasteiger charge is -2.33. The molecule has 0 bridgehead atoms. The first-order valence-corrected chi connectivity index (χ1v) is 9.49. The summed E-state index contributed by atoms with van der Waals surface area (Å²) < 4.78 is 10.9. The zero-order valence-corrected chi connectivity index (χ0v) is 17.4. The molecule has 0 aliphatic carbocycles. The van der Waals surface area contributed by atoms with Crippen molar-refractivity contribution in [1.29, 1.82) is 0 Å². The van der Waals surface area contributed by atoms with Gasteiger partial charge in [-0.15, -0.1) is 6.58 Å². The molecule has 2 aliphatic heterocycles. The quantitative estimate of drug-likeness (QED) is 0.671. The van der Waals surface area contributed by atoms with Gasteiger partial charge in [-0.2, -0.15) is 0 Å². The van der Waals surface area contributed by atoms with E-state index < -0.39 is 6.04 Å². The van der Waals surface area contributed by atoms with Crippen LogP contribution in [-0.4, -0.2) is 81.1 Å². The maximum absolute atomic E-state index is 13.3. The molecule has 2 heterocycles. The van der Waals surface area contributed by atoms with Gasteiger partial charge in [0, 0.05) is 25.2 Å². The highest BCUT2D eigenvalue weighted by molar-refractivity contribution is 6.01. The maximum Gasteiger partial charge on any atom is 0.322 e. The van der Waals surface area contributed by atoms with Crippen LogP contribution in [0.4, 0.5) is 4.79 Å². The van der Waals surface area contributed by atoms with Gasteiger partial charge in [0.25, 0.3) is 5.91 Å². The predicted octanol–water partition coefficient (Wildman–Crippen LogP) is 1.61. The Labute approximate surface area is 171 Å². The van der Waals surface area contributed by atoms with Gasteiger partial charge in [-0.05, 0) is 32.3 Å². The van der Waals surface area contributed by atoms with Gasteiger partial charge < -0.3 is 24.6 Å². The Hall–Kier alpha value is -3.00. The molecule has 0 fully saturated rings. The number of amides is 3. The molecule has 0 radical (unpaired) electrons. The molecule has 0 saturated carbocycles. The van der Waals surface area contributed by atoms with Crippen molar-refractivity contribution < 1.29 is 19.1 Å². The van der Waals surface area contributed by atoms with Crippen molar-refractivity contribution in [2.24, 2.45) is 0 Å². The van der Waals surface area contributed by atoms with E-state index in [0.29, 0.717) is 48.0 Å². The lowest BCUT2D eigenvalue weighted by molar-refractivity contribution is -0.125. The number of nitrogens with one attached hydrogen (secondary N) is 1. The molecular formula is C21H28N4O4. The van der Waals surface area contributed by atoms with Crippen molar-refractivity contribution in [3.05, 3.63) is 47.7 Å². The van der Waals surface area contributed by atoms with Crippen LogP contribution in [-0.2, 0) is 4.79 Å². The SMILES string of the molecule is C=CCN1C(=O)N[C@H](c2cc(OC)ccc2OC)C2=C1CN(CCN(C)C)C2=O. The average molecular weight is 400 g/mol. The van der Waals surface area contributed by atoms with Crippen LogP contribution in [0.3, 0.4) is 0 Å². The molecule has 1 N–H and O–H groups in total. The summed E-state index contributed by atoms with van der Waals surface area (Å²) in [4.78, 5) is 31.6. The maximum atomic E-state index is 13.3. The number of rotatable bonds is 8. The van der Waals surface area contributed by atoms with E-state index in [1.165, 1.54) is 0 Å². The smallest absolute Gasteiger partial charge is 0.322 e. The Bertz CT molecular complexity index is 849. The summed E-state index contributed by atoms with van der Waals surface area (Å²) in [6.45, 7) is 5.79. The second kappa shape index (κ2) is 8.57. The molecule has 1 atom stereocenters. The van der Waals surface area contributed by atoms with Crippen molar-refractivity contribution in [2.75, 3.05) is 54.5 Å². The predicted molar refractivity (Wildman–Crippen MR) is 110 cm³/mol. The fourth-order valence-electron chi connectivity index (χ4n) is 3.67. The van der Waals surface area contributed by atoms with Gasteiger partial charge >= 0.3 is 6.03 Å². The van der Waals surface area contributed by atoms with Crippen LogP contribution in [0.5, 0.6) is 11.5 Å². The summed E-state index contributed by atoms with van der Waals surface area (Å²) in [5, 5.41) is 2.97. The van der Waals surface area contributed by atoms with E-state index in [1.807, 2.05) is 19.0 Å². The zero-order chi connectivity index (χ0) is 21.1. The molecule has 0 saturated heterocycles. The molecule has 156 valence electrons. The van der Waals surface area contributed by atoms with Crippen LogP contribution in [0, 0.1) is 0 Å². The number of carbonyl (C=O) groups excluding carboxylic acids is 2. The van der Waals surface area contributed by atoms with Gasteiger partial charge in [0.05, 0.1) is 38.1 Å². The minimum atomic E-state index is -0.611. The Balaban J connectivity index is 2.06. The highest BCUT2D eigenvalue weighted by Crippen LogP contribution is 2.40. The molecule has 0 aromatic heterocycles. The fraction of sp³-hybridized carbons (Fsp3) is 0.429. The van der Waals surface area contributed by atoms with Crippen molar-refractivity contribution in [3.8, 4) is 11.5 Å². The minimum absolute atomic E-state index is 0.0780. The Morgan fingerprint density at radius 2 is 2.03 bits per heavy atom. The first kappa shape index (κ1) is 20.7. The molecule has 8 nitrogen and oxygen atoms in total. The largest absolute Gasteiger partial charge is 0.497 e. The number of urea groups is 1. The summed E-state index contributed by atoms with van der Waals surface area (Å²) in [7, 11) is 7.07. The third kappa shape index (κ3) is 3.93. The third-order valence-corrected chi connectivity index (χ3v) is 5.17. The van der Waals surface area contributed by atoms with E-state index in [9.17, 15) is 9.59 Å². The van der Waals surface area contributed by atoms with E-state index in [0.717, 1.165) is 6.54 Å². The molecular weight excluding hydrogens is 372 g/mol. The van der Waals surface area contributed by atoms with Gasteiger partial charge in [-0.1, -0.05) is 6.08 Å². The standard InChI is InChI=1S/C21H28N4O4/c1-6-9-25-16-13-24(11-10-23(2)3)20(26)18(16)19(22-21(25)27)15-12-14(28-4)7-8-17(15)29-5/h6-8,12,19H,1,9-11,13H2,2-5H3,(H,22,27)/t19-/m1/s1. The van der Waals surface area contributed by atoms with Gasteiger partial charge in [0.15, 0.2) is 0 Å². The normalized spacial score (nSPS) is 18.9. The molecule has 0 unspecified atom stereocenters. The number of benzene rings is 1. The number of likely N-dealkylation sites (N-methyl/N-ethyl adjacent to an activating group) is 1. The molecule has 0 spiro atoms. The van der Waals surface area contributed by atoms with Crippen LogP contribution in [0.25, 0.3) is 0 Å². The third-order valence-electron chi connectivity index (χ3n) is 5.17. The lowest BCUT2D eigenvalue weighted by atomic mass is 9.94. The Morgan fingerprint density at radius 3 is 2.66 bits per heavy atom. The highest BCUT2D eigenvalue weighted by atomic mass is 16.5. The number of ether oxygens (including phenoxy) is 2. The average Bonchev–Trinajstić information content (AvgIpc) is 3.04. The van der Waals surface area contributed by atoms with E-state index in [4.69, 9.17) is 9.47 Å². The molecule has 3 rings (SSSR count). The monoisotopic (exact) mass is 400 g/mol. The first-order chi connectivity index (χ1) is 13.9. The van der Waals surface area contributed by atoms with Crippen LogP contribution in [0.1, 0.15) is 11.6 Å². The number of hydrogen-bond donors (Lipinski definition) is 1. The minimum Gasteiger partial charge on any atom is -0.497 e. The van der Waals surface area contributed by atoms with Crippen LogP contribution >= 0.6 is 0 Å². The summed E-state index contributed by atoms with van der Waals surface area (Å²) in [6.07, 6.45) is 1.66. The van der Waals surface area contributed by atoms with Gasteiger partial charge in [-0.25, -0.2) is 4.79 Å². The van der Waals surface area contributed by atoms with Gasteiger partial charge in [0.1, 0.15) is 11.5 Å². The van der Waals surface area contributed by atoms with Crippen LogP contribution in [0.2, 0.25) is 0 Å². The van der Waals surface area contributed by atoms with Gasteiger partial charge in [-0.3, -0.25) is 9.69 Å². The summed E-state index contributed by atoms with van der Waals surface area (Å²) in [5.74, 6) is 1.13. The van der Waals surface area contributed by atoms with Crippen molar-refractivity contribution in [3.63, 3.8) is 0 Å². The number of carbonyl (C=O) groups is 2. The summed E-state index contributed by atoms with van der Waals surface area (Å²) in [6, 6.07) is 4.49. The van der Waals surface area contributed by atoms with Crippen molar-refractivity contribution in [1.82, 2.24) is 20.0 Å². The molecule has 2 aliphatic rings. The van der Waals surface area contributed by atoms with E-state index >= 15 is 0 Å². The zero-order valence-electron chi connectivity index (χ0n) is 17.4.